The van der Waals surface area contributed by atoms with Gasteiger partial charge in [-0.2, -0.15) is 0 Å². The lowest BCUT2D eigenvalue weighted by atomic mass is 9.88. The van der Waals surface area contributed by atoms with Gasteiger partial charge in [-0.15, -0.1) is 0 Å². The van der Waals surface area contributed by atoms with Crippen LogP contribution in [0.1, 0.15) is 25.7 Å². The second-order valence-electron chi connectivity index (χ2n) is 4.46. The Hall–Kier alpha value is -1.14. The topological polar surface area (TPSA) is 87.1 Å². The maximum Gasteiger partial charge on any atom is 0.306 e. The number of methoxy groups -OCH3 is 1. The van der Waals surface area contributed by atoms with Crippen molar-refractivity contribution in [2.75, 3.05) is 26.7 Å². The number of carboxylic acids is 1. The number of aliphatic hydroxyl groups is 1. The summed E-state index contributed by atoms with van der Waals surface area (Å²) in [5, 5.41) is 18.7. The van der Waals surface area contributed by atoms with Gasteiger partial charge in [0.2, 0.25) is 0 Å². The Morgan fingerprint density at radius 2 is 1.94 bits per heavy atom. The van der Waals surface area contributed by atoms with E-state index in [1.807, 2.05) is 4.90 Å². The van der Waals surface area contributed by atoms with Crippen molar-refractivity contribution in [1.29, 1.82) is 0 Å². The van der Waals surface area contributed by atoms with Gasteiger partial charge in [0.05, 0.1) is 25.6 Å². The lowest BCUT2D eigenvalue weighted by molar-refractivity contribution is -0.144. The quantitative estimate of drug-likeness (QED) is 0.655. The van der Waals surface area contributed by atoms with E-state index in [1.165, 1.54) is 7.11 Å². The Morgan fingerprint density at radius 1 is 1.35 bits per heavy atom. The minimum absolute atomic E-state index is 0.210. The van der Waals surface area contributed by atoms with Crippen LogP contribution in [0.5, 0.6) is 0 Å². The van der Waals surface area contributed by atoms with Gasteiger partial charge in [-0.05, 0) is 12.8 Å². The van der Waals surface area contributed by atoms with Gasteiger partial charge >= 0.3 is 11.9 Å². The average molecular weight is 245 g/mol. The fraction of sp³-hybridized carbons (Fsp3) is 0.818. The van der Waals surface area contributed by atoms with Gasteiger partial charge in [-0.3, -0.25) is 9.59 Å². The standard InChI is InChI=1S/C11H19NO5/c1-17-10(15)2-5-12-6-3-11(16,4-7-12)8-9(13)14/h16H,2-8H2,1H3,(H,13,14). The van der Waals surface area contributed by atoms with E-state index in [0.29, 0.717) is 38.9 Å². The number of carbonyl (C=O) groups is 2. The van der Waals surface area contributed by atoms with Crippen molar-refractivity contribution < 1.29 is 24.5 Å². The molecule has 0 aromatic carbocycles. The highest BCUT2D eigenvalue weighted by Crippen LogP contribution is 2.25. The summed E-state index contributed by atoms with van der Waals surface area (Å²) in [4.78, 5) is 23.6. The summed E-state index contributed by atoms with van der Waals surface area (Å²) >= 11 is 0. The largest absolute Gasteiger partial charge is 0.481 e. The number of aliphatic carboxylic acids is 1. The fourth-order valence-electron chi connectivity index (χ4n) is 2.00. The van der Waals surface area contributed by atoms with Crippen LogP contribution in [0, 0.1) is 0 Å². The van der Waals surface area contributed by atoms with Gasteiger partial charge in [-0.1, -0.05) is 0 Å². The van der Waals surface area contributed by atoms with Crippen molar-refractivity contribution in [3.05, 3.63) is 0 Å². The lowest BCUT2D eigenvalue weighted by Gasteiger charge is -2.37. The highest BCUT2D eigenvalue weighted by molar-refractivity contribution is 5.69. The monoisotopic (exact) mass is 245 g/mol. The van der Waals surface area contributed by atoms with Crippen molar-refractivity contribution in [1.82, 2.24) is 4.90 Å². The van der Waals surface area contributed by atoms with Gasteiger partial charge in [0.1, 0.15) is 0 Å². The molecule has 17 heavy (non-hydrogen) atoms. The first-order chi connectivity index (χ1) is 7.95. The molecule has 0 aromatic rings. The maximum atomic E-state index is 11.0. The molecule has 0 unspecified atom stereocenters. The molecule has 1 aliphatic heterocycles. The van der Waals surface area contributed by atoms with E-state index in [2.05, 4.69) is 4.74 Å². The molecule has 2 N–H and O–H groups in total. The second-order valence-corrected chi connectivity index (χ2v) is 4.46. The second kappa shape index (κ2) is 5.97. The number of hydrogen-bond donors (Lipinski definition) is 2. The number of esters is 1. The molecule has 1 saturated heterocycles. The van der Waals surface area contributed by atoms with Gasteiger partial charge < -0.3 is 19.8 Å². The molecule has 0 spiro atoms. The number of carboxylic acid groups (broad SMARTS) is 1. The summed E-state index contributed by atoms with van der Waals surface area (Å²) in [6, 6.07) is 0. The van der Waals surface area contributed by atoms with E-state index in [-0.39, 0.29) is 12.4 Å². The number of piperidine rings is 1. The van der Waals surface area contributed by atoms with Crippen LogP contribution in [-0.2, 0) is 14.3 Å². The van der Waals surface area contributed by atoms with E-state index in [1.54, 1.807) is 0 Å². The third-order valence-corrected chi connectivity index (χ3v) is 3.13. The van der Waals surface area contributed by atoms with Crippen LogP contribution in [0.4, 0.5) is 0 Å². The molecule has 6 heteroatoms. The Balaban J connectivity index is 2.30. The molecular weight excluding hydrogens is 226 g/mol. The van der Waals surface area contributed by atoms with Crippen molar-refractivity contribution in [2.45, 2.75) is 31.3 Å². The summed E-state index contributed by atoms with van der Waals surface area (Å²) in [6.45, 7) is 1.82. The molecule has 0 bridgehead atoms. The summed E-state index contributed by atoms with van der Waals surface area (Å²) in [6.07, 6.45) is 0.979. The predicted octanol–water partition coefficient (Wildman–Crippen LogP) is -0.149. The minimum atomic E-state index is -1.09. The van der Waals surface area contributed by atoms with Crippen LogP contribution < -0.4 is 0 Å². The number of likely N-dealkylation sites (tertiary alicyclic amines) is 1. The molecular formula is C11H19NO5. The first kappa shape index (κ1) is 13.9. The van der Waals surface area contributed by atoms with Gasteiger partial charge in [-0.25, -0.2) is 0 Å². The normalized spacial score (nSPS) is 19.9. The predicted molar refractivity (Wildman–Crippen MR) is 59.5 cm³/mol. The first-order valence-corrected chi connectivity index (χ1v) is 5.68. The van der Waals surface area contributed by atoms with Crippen molar-refractivity contribution in [2.24, 2.45) is 0 Å². The first-order valence-electron chi connectivity index (χ1n) is 5.68. The summed E-state index contributed by atoms with van der Waals surface area (Å²) in [7, 11) is 1.35. The molecule has 0 saturated carbocycles. The highest BCUT2D eigenvalue weighted by atomic mass is 16.5. The van der Waals surface area contributed by atoms with Crippen LogP contribution in [0.3, 0.4) is 0 Å². The highest BCUT2D eigenvalue weighted by Gasteiger charge is 2.34. The molecule has 1 fully saturated rings. The molecule has 1 heterocycles. The molecule has 0 aromatic heterocycles. The van der Waals surface area contributed by atoms with Crippen LogP contribution in [0.15, 0.2) is 0 Å². The van der Waals surface area contributed by atoms with Crippen LogP contribution in [0.25, 0.3) is 0 Å². The minimum Gasteiger partial charge on any atom is -0.481 e. The van der Waals surface area contributed by atoms with E-state index >= 15 is 0 Å². The van der Waals surface area contributed by atoms with Crippen LogP contribution in [0.2, 0.25) is 0 Å². The molecule has 6 nitrogen and oxygen atoms in total. The van der Waals surface area contributed by atoms with Crippen molar-refractivity contribution in [3.8, 4) is 0 Å². The van der Waals surface area contributed by atoms with Crippen molar-refractivity contribution >= 4 is 11.9 Å². The summed E-state index contributed by atoms with van der Waals surface area (Å²) < 4.78 is 4.54. The Labute approximate surface area is 100 Å². The SMILES string of the molecule is COC(=O)CCN1CCC(O)(CC(=O)O)CC1. The zero-order valence-electron chi connectivity index (χ0n) is 10.0. The number of hydrogen-bond acceptors (Lipinski definition) is 5. The third kappa shape index (κ3) is 4.70. The molecule has 1 rings (SSSR count). The Kier molecular flexibility index (Phi) is 4.89. The molecule has 98 valence electrons. The zero-order valence-corrected chi connectivity index (χ0v) is 10.0. The summed E-state index contributed by atoms with van der Waals surface area (Å²) in [5.74, 6) is -1.23. The summed E-state index contributed by atoms with van der Waals surface area (Å²) in [5.41, 5.74) is -1.09. The lowest BCUT2D eigenvalue weighted by Crippen LogP contribution is -2.46. The smallest absolute Gasteiger partial charge is 0.306 e. The van der Waals surface area contributed by atoms with Crippen LogP contribution >= 0.6 is 0 Å². The maximum absolute atomic E-state index is 11.0. The molecule has 0 atom stereocenters. The fourth-order valence-corrected chi connectivity index (χ4v) is 2.00. The van der Waals surface area contributed by atoms with E-state index in [4.69, 9.17) is 5.11 Å². The average Bonchev–Trinajstić information content (AvgIpc) is 2.26. The van der Waals surface area contributed by atoms with E-state index in [0.717, 1.165) is 0 Å². The number of carbonyl (C=O) groups excluding carboxylic acids is 1. The molecule has 0 amide bonds. The van der Waals surface area contributed by atoms with E-state index in [9.17, 15) is 14.7 Å². The molecule has 1 aliphatic rings. The van der Waals surface area contributed by atoms with Gasteiger partial charge in [0.15, 0.2) is 0 Å². The Morgan fingerprint density at radius 3 is 2.41 bits per heavy atom. The number of ether oxygens (including phenoxy) is 1. The molecule has 0 radical (unpaired) electrons. The van der Waals surface area contributed by atoms with Crippen LogP contribution in [-0.4, -0.2) is 59.4 Å². The number of rotatable bonds is 5. The third-order valence-electron chi connectivity index (χ3n) is 3.13. The van der Waals surface area contributed by atoms with Crippen molar-refractivity contribution in [3.63, 3.8) is 0 Å². The van der Waals surface area contributed by atoms with Gasteiger partial charge in [0, 0.05) is 19.6 Å². The molecule has 0 aliphatic carbocycles. The van der Waals surface area contributed by atoms with Gasteiger partial charge in [0.25, 0.3) is 0 Å². The zero-order chi connectivity index (χ0) is 12.9. The van der Waals surface area contributed by atoms with E-state index < -0.39 is 11.6 Å². The number of nitrogens with zero attached hydrogens (tertiary/aromatic N) is 1. The Bertz CT molecular complexity index is 284.